The Hall–Kier alpha value is -1.92. The molecule has 0 spiro atoms. The van der Waals surface area contributed by atoms with Gasteiger partial charge in [-0.2, -0.15) is 0 Å². The van der Waals surface area contributed by atoms with E-state index in [0.717, 1.165) is 26.2 Å². The van der Waals surface area contributed by atoms with Gasteiger partial charge in [-0.3, -0.25) is 4.79 Å². The third kappa shape index (κ3) is 2.97. The van der Waals surface area contributed by atoms with E-state index in [-0.39, 0.29) is 5.91 Å². The number of hydrogen-bond acceptors (Lipinski definition) is 5. The summed E-state index contributed by atoms with van der Waals surface area (Å²) in [7, 11) is 1.34. The van der Waals surface area contributed by atoms with Gasteiger partial charge in [0.2, 0.25) is 5.91 Å². The van der Waals surface area contributed by atoms with E-state index in [1.165, 1.54) is 14.0 Å². The van der Waals surface area contributed by atoms with Crippen molar-refractivity contribution in [1.29, 1.82) is 0 Å². The Morgan fingerprint density at radius 2 is 1.90 bits per heavy atom. The first-order valence-electron chi connectivity index (χ1n) is 6.58. The molecular formula is C14H19N3O3. The zero-order valence-electron chi connectivity index (χ0n) is 11.8. The van der Waals surface area contributed by atoms with Crippen molar-refractivity contribution in [2.24, 2.45) is 0 Å². The van der Waals surface area contributed by atoms with Crippen LogP contribution in [0.3, 0.4) is 0 Å². The van der Waals surface area contributed by atoms with Crippen molar-refractivity contribution in [3.8, 4) is 0 Å². The Morgan fingerprint density at radius 1 is 1.25 bits per heavy atom. The summed E-state index contributed by atoms with van der Waals surface area (Å²) >= 11 is 0. The van der Waals surface area contributed by atoms with Gasteiger partial charge >= 0.3 is 5.97 Å². The molecule has 0 atom stereocenters. The number of nitrogens with zero attached hydrogens (tertiary/aromatic N) is 2. The van der Waals surface area contributed by atoms with Crippen molar-refractivity contribution < 1.29 is 14.3 Å². The minimum absolute atomic E-state index is 0.122. The van der Waals surface area contributed by atoms with Crippen LogP contribution in [0.5, 0.6) is 0 Å². The molecule has 0 unspecified atom stereocenters. The summed E-state index contributed by atoms with van der Waals surface area (Å²) in [6.07, 6.45) is 0. The van der Waals surface area contributed by atoms with Gasteiger partial charge in [0.1, 0.15) is 0 Å². The number of piperazine rings is 1. The second kappa shape index (κ2) is 6.49. The molecular weight excluding hydrogens is 258 g/mol. The molecule has 0 bridgehead atoms. The van der Waals surface area contributed by atoms with Crippen LogP contribution in [0.1, 0.15) is 17.3 Å². The van der Waals surface area contributed by atoms with E-state index in [4.69, 9.17) is 4.74 Å². The minimum Gasteiger partial charge on any atom is -0.465 e. The van der Waals surface area contributed by atoms with Crippen LogP contribution in [0.15, 0.2) is 24.3 Å². The molecule has 6 nitrogen and oxygen atoms in total. The Morgan fingerprint density at radius 3 is 2.50 bits per heavy atom. The fraction of sp³-hybridized carbons (Fsp3) is 0.429. The van der Waals surface area contributed by atoms with E-state index in [0.29, 0.717) is 11.3 Å². The first-order valence-corrected chi connectivity index (χ1v) is 6.58. The Bertz CT molecular complexity index is 498. The molecule has 1 aliphatic rings. The number of ether oxygens (including phenoxy) is 1. The van der Waals surface area contributed by atoms with Crippen LogP contribution < -0.4 is 10.3 Å². The highest BCUT2D eigenvalue weighted by Gasteiger charge is 2.26. The van der Waals surface area contributed by atoms with Crippen molar-refractivity contribution in [3.63, 3.8) is 0 Å². The SMILES string of the molecule is COC(=O)c1ccccc1N(C(C)=O)N1CCNCC1. The molecule has 6 heteroatoms. The molecule has 108 valence electrons. The second-order valence-corrected chi connectivity index (χ2v) is 4.54. The van der Waals surface area contributed by atoms with Crippen molar-refractivity contribution in [1.82, 2.24) is 10.3 Å². The smallest absolute Gasteiger partial charge is 0.340 e. The topological polar surface area (TPSA) is 61.9 Å². The number of amides is 1. The lowest BCUT2D eigenvalue weighted by atomic mass is 10.1. The van der Waals surface area contributed by atoms with Crippen LogP contribution in [0.25, 0.3) is 0 Å². The van der Waals surface area contributed by atoms with Crippen molar-refractivity contribution in [2.45, 2.75) is 6.92 Å². The Labute approximate surface area is 118 Å². The van der Waals surface area contributed by atoms with E-state index in [2.05, 4.69) is 5.32 Å². The third-order valence-electron chi connectivity index (χ3n) is 3.21. The summed E-state index contributed by atoms with van der Waals surface area (Å²) in [4.78, 5) is 23.9. The van der Waals surface area contributed by atoms with Crippen molar-refractivity contribution in [3.05, 3.63) is 29.8 Å². The fourth-order valence-electron chi connectivity index (χ4n) is 2.32. The molecule has 0 saturated carbocycles. The number of hydrazine groups is 1. The zero-order valence-corrected chi connectivity index (χ0v) is 11.8. The van der Waals surface area contributed by atoms with Gasteiger partial charge < -0.3 is 10.1 Å². The molecule has 1 aromatic rings. The maximum absolute atomic E-state index is 12.0. The average Bonchev–Trinajstić information content (AvgIpc) is 2.48. The standard InChI is InChI=1S/C14H19N3O3/c1-11(18)17(16-9-7-15-8-10-16)13-6-4-3-5-12(13)14(19)20-2/h3-6,15H,7-10H2,1-2H3. The maximum Gasteiger partial charge on any atom is 0.340 e. The number of carbonyl (C=O) groups excluding carboxylic acids is 2. The summed E-state index contributed by atoms with van der Waals surface area (Å²) in [5, 5.41) is 6.74. The lowest BCUT2D eigenvalue weighted by molar-refractivity contribution is -0.119. The van der Waals surface area contributed by atoms with E-state index in [9.17, 15) is 9.59 Å². The molecule has 1 aliphatic heterocycles. The van der Waals surface area contributed by atoms with Gasteiger partial charge in [-0.1, -0.05) is 12.1 Å². The van der Waals surface area contributed by atoms with Crippen LogP contribution in [-0.4, -0.2) is 50.2 Å². The Kier molecular flexibility index (Phi) is 4.70. The van der Waals surface area contributed by atoms with Crippen molar-refractivity contribution >= 4 is 17.6 Å². The number of hydrogen-bond donors (Lipinski definition) is 1. The number of benzene rings is 1. The number of anilines is 1. The van der Waals surface area contributed by atoms with Gasteiger partial charge in [0.15, 0.2) is 0 Å². The Balaban J connectivity index is 2.38. The van der Waals surface area contributed by atoms with Crippen LogP contribution in [0.4, 0.5) is 5.69 Å². The first-order chi connectivity index (χ1) is 9.65. The van der Waals surface area contributed by atoms with Gasteiger partial charge in [-0.05, 0) is 12.1 Å². The monoisotopic (exact) mass is 277 g/mol. The lowest BCUT2D eigenvalue weighted by Crippen LogP contribution is -2.54. The molecule has 1 N–H and O–H groups in total. The molecule has 1 amide bonds. The van der Waals surface area contributed by atoms with E-state index < -0.39 is 5.97 Å². The van der Waals surface area contributed by atoms with Gasteiger partial charge in [0, 0.05) is 33.1 Å². The first kappa shape index (κ1) is 14.5. The summed E-state index contributed by atoms with van der Waals surface area (Å²) in [6, 6.07) is 6.99. The molecule has 1 aromatic carbocycles. The average molecular weight is 277 g/mol. The summed E-state index contributed by atoms with van der Waals surface area (Å²) in [5.41, 5.74) is 0.956. The second-order valence-electron chi connectivity index (χ2n) is 4.54. The number of nitrogens with one attached hydrogen (secondary N) is 1. The van der Waals surface area contributed by atoms with Crippen LogP contribution >= 0.6 is 0 Å². The minimum atomic E-state index is -0.443. The van der Waals surface area contributed by atoms with Gasteiger partial charge in [0.25, 0.3) is 0 Å². The largest absolute Gasteiger partial charge is 0.465 e. The number of esters is 1. The molecule has 2 rings (SSSR count). The predicted molar refractivity (Wildman–Crippen MR) is 75.4 cm³/mol. The molecule has 0 aliphatic carbocycles. The van der Waals surface area contributed by atoms with Crippen LogP contribution in [0.2, 0.25) is 0 Å². The molecule has 20 heavy (non-hydrogen) atoms. The summed E-state index contributed by atoms with van der Waals surface area (Å²) in [5.74, 6) is -0.565. The highest BCUT2D eigenvalue weighted by atomic mass is 16.5. The fourth-order valence-corrected chi connectivity index (χ4v) is 2.32. The van der Waals surface area contributed by atoms with E-state index in [1.807, 2.05) is 5.01 Å². The quantitative estimate of drug-likeness (QED) is 0.822. The third-order valence-corrected chi connectivity index (χ3v) is 3.21. The highest BCUT2D eigenvalue weighted by Crippen LogP contribution is 2.23. The van der Waals surface area contributed by atoms with Crippen LogP contribution in [-0.2, 0) is 9.53 Å². The van der Waals surface area contributed by atoms with Gasteiger partial charge in [-0.15, -0.1) is 0 Å². The zero-order chi connectivity index (χ0) is 14.5. The molecule has 1 saturated heterocycles. The number of carbonyl (C=O) groups is 2. The number of para-hydroxylation sites is 1. The molecule has 0 radical (unpaired) electrons. The van der Waals surface area contributed by atoms with Gasteiger partial charge in [0.05, 0.1) is 18.4 Å². The number of methoxy groups -OCH3 is 1. The van der Waals surface area contributed by atoms with E-state index in [1.54, 1.807) is 29.3 Å². The summed E-state index contributed by atoms with van der Waals surface area (Å²) < 4.78 is 4.79. The van der Waals surface area contributed by atoms with Crippen molar-refractivity contribution in [2.75, 3.05) is 38.3 Å². The summed E-state index contributed by atoms with van der Waals surface area (Å²) in [6.45, 7) is 4.55. The highest BCUT2D eigenvalue weighted by molar-refractivity contribution is 6.01. The van der Waals surface area contributed by atoms with Crippen LogP contribution in [0, 0.1) is 0 Å². The molecule has 1 heterocycles. The van der Waals surface area contributed by atoms with Gasteiger partial charge in [-0.25, -0.2) is 14.8 Å². The molecule has 1 fully saturated rings. The van der Waals surface area contributed by atoms with E-state index >= 15 is 0 Å². The predicted octanol–water partition coefficient (Wildman–Crippen LogP) is 0.646. The lowest BCUT2D eigenvalue weighted by Gasteiger charge is -2.37. The molecule has 0 aromatic heterocycles. The number of rotatable bonds is 3. The normalized spacial score (nSPS) is 15.7. The maximum atomic E-state index is 12.0.